The van der Waals surface area contributed by atoms with Crippen molar-refractivity contribution in [2.45, 2.75) is 79.4 Å². The minimum atomic E-state index is -0.720. The molecule has 2 aromatic carbocycles. The molecule has 4 aromatic heterocycles. The van der Waals surface area contributed by atoms with Gasteiger partial charge in [0, 0.05) is 98.8 Å². The highest BCUT2D eigenvalue weighted by atomic mass is 16.7. The number of amides is 2. The summed E-state index contributed by atoms with van der Waals surface area (Å²) in [5.41, 5.74) is 15.2. The quantitative estimate of drug-likeness (QED) is 0.0948. The molecule has 0 unspecified atom stereocenters. The second-order valence-corrected chi connectivity index (χ2v) is 15.6. The zero-order valence-electron chi connectivity index (χ0n) is 35.1. The molecule has 2 amide bonds. The molecule has 318 valence electrons. The summed E-state index contributed by atoms with van der Waals surface area (Å²) in [6.45, 7) is 12.6. The molecule has 0 saturated carbocycles. The van der Waals surface area contributed by atoms with Crippen LogP contribution in [0.1, 0.15) is 82.1 Å². The second kappa shape index (κ2) is 17.7. The predicted molar refractivity (Wildman–Crippen MR) is 230 cm³/mol. The van der Waals surface area contributed by atoms with Crippen molar-refractivity contribution < 1.29 is 33.5 Å². The molecular formula is C46H46N8O8. The third-order valence-corrected chi connectivity index (χ3v) is 10.2. The van der Waals surface area contributed by atoms with E-state index >= 15 is 0 Å². The molecule has 2 aliphatic heterocycles. The van der Waals surface area contributed by atoms with E-state index in [0.29, 0.717) is 42.5 Å². The van der Waals surface area contributed by atoms with Crippen LogP contribution in [-0.2, 0) is 35.8 Å². The second-order valence-electron chi connectivity index (χ2n) is 15.6. The van der Waals surface area contributed by atoms with Crippen LogP contribution in [0.15, 0.2) is 97.6 Å². The van der Waals surface area contributed by atoms with Gasteiger partial charge in [-0.15, -0.1) is 0 Å². The number of rotatable bonds is 9. The van der Waals surface area contributed by atoms with Crippen LogP contribution in [-0.4, -0.2) is 48.2 Å². The van der Waals surface area contributed by atoms with Crippen LogP contribution in [0.2, 0.25) is 0 Å². The lowest BCUT2D eigenvalue weighted by molar-refractivity contribution is -0.389. The smallest absolute Gasteiger partial charge is 0.363 e. The number of fused-ring (bicyclic) bond motifs is 2. The molecule has 8 rings (SSSR count). The van der Waals surface area contributed by atoms with E-state index < -0.39 is 16.5 Å². The van der Waals surface area contributed by atoms with Gasteiger partial charge in [0.15, 0.2) is 0 Å². The third-order valence-electron chi connectivity index (χ3n) is 10.2. The highest BCUT2D eigenvalue weighted by molar-refractivity contribution is 5.95. The van der Waals surface area contributed by atoms with Crippen LogP contribution in [0, 0.1) is 24.0 Å². The van der Waals surface area contributed by atoms with Crippen LogP contribution in [0.3, 0.4) is 0 Å². The number of hydrogen-bond donors (Lipinski definition) is 3. The number of aromatic nitrogens is 4. The maximum absolute atomic E-state index is 12.6. The van der Waals surface area contributed by atoms with Crippen molar-refractivity contribution in [1.82, 2.24) is 30.6 Å². The van der Waals surface area contributed by atoms with Crippen LogP contribution >= 0.6 is 0 Å². The first-order valence-electron chi connectivity index (χ1n) is 19.8. The number of pyridine rings is 4. The van der Waals surface area contributed by atoms with Crippen molar-refractivity contribution in [3.63, 3.8) is 0 Å². The molecule has 0 bridgehead atoms. The van der Waals surface area contributed by atoms with E-state index in [1.54, 1.807) is 67.1 Å². The van der Waals surface area contributed by atoms with Gasteiger partial charge in [-0.1, -0.05) is 24.3 Å². The largest absolute Gasteiger partial charge is 0.461 e. The molecule has 6 heterocycles. The van der Waals surface area contributed by atoms with Gasteiger partial charge >= 0.3 is 5.82 Å². The molecule has 16 nitrogen and oxygen atoms in total. The maximum atomic E-state index is 12.6. The first-order valence-corrected chi connectivity index (χ1v) is 19.8. The summed E-state index contributed by atoms with van der Waals surface area (Å²) in [5.74, 6) is -0.104. The molecular weight excluding hydrogens is 793 g/mol. The van der Waals surface area contributed by atoms with Crippen molar-refractivity contribution in [3.8, 4) is 33.8 Å². The van der Waals surface area contributed by atoms with E-state index in [1.807, 2.05) is 59.7 Å². The monoisotopic (exact) mass is 838 g/mol. The fraction of sp³-hybridized carbons (Fsp3) is 0.261. The first-order chi connectivity index (χ1) is 29.6. The Morgan fingerprint density at radius 3 is 1.44 bits per heavy atom. The van der Waals surface area contributed by atoms with Gasteiger partial charge in [-0.05, 0) is 88.5 Å². The topological polar surface area (TPSA) is 216 Å². The Morgan fingerprint density at radius 2 is 1.05 bits per heavy atom. The minimum absolute atomic E-state index is 0.163. The standard InChI is InChI=1S/C23H22N4O5.C23H24N4O3/c1-14-21-19(13-31-23(2,3)32-21)18(11-24-14)12-26-22(28)16-6-4-15(5-7-16)17-8-9-20(25-10-17)27(29)30;1-14-21-19(13-29-23(2,3)30-21)18(11-25-14)12-27-22(28)16-6-4-15(5-7-16)17-8-9-20(24)26-10-17/h4-11H,12-13H2,1-3H3,(H,26,28);4-11H,12-13H2,1-3H3,(H2,24,26)(H,27,28). The number of aryl methyl sites for hydroxylation is 2. The van der Waals surface area contributed by atoms with Crippen molar-refractivity contribution >= 4 is 23.5 Å². The molecule has 0 radical (unpaired) electrons. The van der Waals surface area contributed by atoms with Crippen LogP contribution in [0.25, 0.3) is 22.3 Å². The van der Waals surface area contributed by atoms with Gasteiger partial charge in [0.1, 0.15) is 23.5 Å². The fourth-order valence-corrected chi connectivity index (χ4v) is 6.71. The van der Waals surface area contributed by atoms with E-state index in [0.717, 1.165) is 61.6 Å². The average molecular weight is 839 g/mol. The van der Waals surface area contributed by atoms with Crippen LogP contribution < -0.4 is 25.8 Å². The van der Waals surface area contributed by atoms with E-state index in [9.17, 15) is 19.7 Å². The molecule has 2 aliphatic rings. The SMILES string of the molecule is Cc1ncc(CNC(=O)c2ccc(-c3ccc(N)nc3)cc2)c2c1OC(C)(C)OC2.Cc1ncc(CNC(=O)c2ccc(-c3ccc([N+](=O)[O-])nc3)cc2)c2c1OC(C)(C)OC2. The number of nitrogens with zero attached hydrogens (tertiary/aromatic N) is 5. The van der Waals surface area contributed by atoms with Crippen molar-refractivity contribution in [3.05, 3.63) is 152 Å². The fourth-order valence-electron chi connectivity index (χ4n) is 6.71. The Morgan fingerprint density at radius 1 is 0.629 bits per heavy atom. The normalized spacial score (nSPS) is 14.4. The Kier molecular flexibility index (Phi) is 12.2. The van der Waals surface area contributed by atoms with Gasteiger partial charge in [0.2, 0.25) is 11.6 Å². The zero-order valence-corrected chi connectivity index (χ0v) is 35.1. The zero-order chi connectivity index (χ0) is 44.2. The van der Waals surface area contributed by atoms with E-state index in [-0.39, 0.29) is 24.2 Å². The molecule has 0 aliphatic carbocycles. The summed E-state index contributed by atoms with van der Waals surface area (Å²) in [4.78, 5) is 52.2. The third kappa shape index (κ3) is 10.00. The van der Waals surface area contributed by atoms with Gasteiger partial charge in [0.05, 0.1) is 24.6 Å². The molecule has 6 aromatic rings. The van der Waals surface area contributed by atoms with Crippen molar-refractivity contribution in [2.75, 3.05) is 5.73 Å². The summed E-state index contributed by atoms with van der Waals surface area (Å²) in [6.07, 6.45) is 6.64. The highest BCUT2D eigenvalue weighted by Crippen LogP contribution is 2.36. The minimum Gasteiger partial charge on any atom is -0.461 e. The van der Waals surface area contributed by atoms with Crippen molar-refractivity contribution in [2.24, 2.45) is 0 Å². The number of carbonyl (C=O) groups excluding carboxylic acids is 2. The number of nitrogen functional groups attached to an aromatic ring is 1. The highest BCUT2D eigenvalue weighted by Gasteiger charge is 2.32. The Labute approximate surface area is 358 Å². The first kappa shape index (κ1) is 42.8. The molecule has 62 heavy (non-hydrogen) atoms. The number of nitrogens with two attached hydrogens (primary N) is 1. The molecule has 0 saturated heterocycles. The maximum Gasteiger partial charge on any atom is 0.363 e. The van der Waals surface area contributed by atoms with Crippen molar-refractivity contribution in [1.29, 1.82) is 0 Å². The lowest BCUT2D eigenvalue weighted by atomic mass is 10.0. The molecule has 16 heteroatoms. The summed E-state index contributed by atoms with van der Waals surface area (Å²) in [7, 11) is 0. The summed E-state index contributed by atoms with van der Waals surface area (Å²) >= 11 is 0. The van der Waals surface area contributed by atoms with E-state index in [2.05, 4.69) is 30.6 Å². The van der Waals surface area contributed by atoms with E-state index in [1.165, 1.54) is 12.3 Å². The molecule has 0 atom stereocenters. The lowest BCUT2D eigenvalue weighted by Crippen LogP contribution is -2.36. The number of benzene rings is 2. The van der Waals surface area contributed by atoms with Gasteiger partial charge in [-0.25, -0.2) is 4.98 Å². The molecule has 4 N–H and O–H groups in total. The van der Waals surface area contributed by atoms with Gasteiger partial charge in [-0.3, -0.25) is 19.6 Å². The van der Waals surface area contributed by atoms with Gasteiger partial charge in [0.25, 0.3) is 11.8 Å². The summed E-state index contributed by atoms with van der Waals surface area (Å²) in [6, 6.07) is 20.9. The molecule has 0 fully saturated rings. The number of hydrogen-bond acceptors (Lipinski definition) is 13. The number of nitro groups is 1. The Hall–Kier alpha value is -7.30. The Bertz CT molecular complexity index is 2620. The molecule has 0 spiro atoms. The predicted octanol–water partition coefficient (Wildman–Crippen LogP) is 7.54. The van der Waals surface area contributed by atoms with Crippen LogP contribution in [0.5, 0.6) is 11.5 Å². The van der Waals surface area contributed by atoms with Crippen LogP contribution in [0.4, 0.5) is 11.6 Å². The number of anilines is 1. The Balaban J connectivity index is 0.000000187. The van der Waals surface area contributed by atoms with Gasteiger partial charge in [-0.2, -0.15) is 0 Å². The lowest BCUT2D eigenvalue weighted by Gasteiger charge is -2.34. The number of ether oxygens (including phenoxy) is 4. The number of nitrogens with one attached hydrogen (secondary N) is 2. The summed E-state index contributed by atoms with van der Waals surface area (Å²) < 4.78 is 23.4. The van der Waals surface area contributed by atoms with Gasteiger partial charge < -0.3 is 45.4 Å². The van der Waals surface area contributed by atoms with E-state index in [4.69, 9.17) is 24.7 Å². The number of carbonyl (C=O) groups is 2. The summed E-state index contributed by atoms with van der Waals surface area (Å²) in [5, 5.41) is 16.6. The average Bonchev–Trinajstić information content (AvgIpc) is 3.26.